The van der Waals surface area contributed by atoms with Crippen LogP contribution >= 0.6 is 0 Å². The summed E-state index contributed by atoms with van der Waals surface area (Å²) >= 11 is 0. The van der Waals surface area contributed by atoms with Gasteiger partial charge in [0.15, 0.2) is 0 Å². The minimum atomic E-state index is 0. The number of aryl methyl sites for hydroxylation is 4. The van der Waals surface area contributed by atoms with Gasteiger partial charge in [-0.05, 0) is 124 Å². The van der Waals surface area contributed by atoms with Gasteiger partial charge < -0.3 is 19.4 Å². The zero-order valence-electron chi connectivity index (χ0n) is 76.4. The molecule has 2 aromatic carbocycles. The molecule has 0 saturated carbocycles. The van der Waals surface area contributed by atoms with Gasteiger partial charge in [-0.1, -0.05) is 498 Å². The topological polar surface area (TPSA) is 25.3 Å². The van der Waals surface area contributed by atoms with Crippen molar-refractivity contribution < 1.29 is 21.2 Å². The number of unbranched alkanes of at least 4 members (excludes halogenated alkanes) is 67. The van der Waals surface area contributed by atoms with Crippen LogP contribution in [0.25, 0.3) is 16.9 Å². The Hall–Kier alpha value is -1.99. The first-order valence-electron chi connectivity index (χ1n) is 50.6. The van der Waals surface area contributed by atoms with E-state index in [0.29, 0.717) is 0 Å². The van der Waals surface area contributed by atoms with Crippen molar-refractivity contribution in [3.63, 3.8) is 0 Å². The maximum Gasteiger partial charge on any atom is 2.00 e. The summed E-state index contributed by atoms with van der Waals surface area (Å²) in [6.07, 6.45) is 111. The van der Waals surface area contributed by atoms with Gasteiger partial charge in [0.2, 0.25) is 11.4 Å². The third kappa shape index (κ3) is 64.1. The molecule has 1 heterocycles. The van der Waals surface area contributed by atoms with E-state index in [1.807, 2.05) is 0 Å². The fourth-order valence-electron chi connectivity index (χ4n) is 17.1. The predicted molar refractivity (Wildman–Crippen MR) is 497 cm³/mol. The normalized spacial score (nSPS) is 12.2. The fourth-order valence-corrected chi connectivity index (χ4v) is 17.1. The van der Waals surface area contributed by atoms with Gasteiger partial charge in [-0.15, -0.1) is 0 Å². The standard InChI is InChI=1S/C57H94N2.2C25H51.Ni/c1-7-13-19-24-27-33-38-50-42-48(36-31-22-16-10-4)44-52(46-50)56-54(40-30-18-12-6)55(41-35-29-26-21-15-9-3)57(59(56)58)53-45-49(37-32-23-17-11-5)43-51(47-53)39-34-28-25-20-14-8-2;2*1-3-5-7-9-11-13-15-17-19-21-23-25-24-22-20-18-16-14-12-10-8-6-4-2;/h42-47H,7-41H2,1-6H3;2*1,3-25H2,2H3;/q;2*-1;+2. The van der Waals surface area contributed by atoms with Crippen LogP contribution in [-0.2, 0) is 42.2 Å². The van der Waals surface area contributed by atoms with Gasteiger partial charge in [-0.2, -0.15) is 12.8 Å². The Kier molecular flexibility index (Phi) is 84.8. The van der Waals surface area contributed by atoms with Crippen LogP contribution in [0.15, 0.2) is 47.5 Å². The zero-order valence-corrected chi connectivity index (χ0v) is 77.4. The summed E-state index contributed by atoms with van der Waals surface area (Å²) in [6, 6.07) is 15.0. The molecule has 0 radical (unpaired) electrons. The first-order chi connectivity index (χ1) is 53.8. The van der Waals surface area contributed by atoms with Gasteiger partial charge in [-0.3, -0.25) is 0 Å². The minimum absolute atomic E-state index is 0. The first-order valence-corrected chi connectivity index (χ1v) is 50.6. The first kappa shape index (κ1) is 108. The molecule has 0 fully saturated rings. The van der Waals surface area contributed by atoms with Crippen molar-refractivity contribution in [2.45, 2.75) is 575 Å². The number of allylic oxidation sites excluding steroid dienone is 2. The van der Waals surface area contributed by atoms with E-state index in [1.54, 1.807) is 4.70 Å². The molecule has 0 aromatic heterocycles. The summed E-state index contributed by atoms with van der Waals surface area (Å²) in [6.45, 7) is 26.3. The van der Waals surface area contributed by atoms with E-state index in [0.717, 1.165) is 62.8 Å². The fraction of sp³-hybridized carbons (Fsp3) is 0.832. The van der Waals surface area contributed by atoms with Crippen molar-refractivity contribution in [1.82, 2.24) is 0 Å². The molecule has 0 amide bonds. The van der Waals surface area contributed by atoms with Gasteiger partial charge in [-0.25, -0.2) is 4.70 Å². The van der Waals surface area contributed by atoms with Crippen LogP contribution in [0.2, 0.25) is 0 Å². The molecule has 1 aliphatic rings. The molecule has 0 atom stereocenters. The molecule has 2 nitrogen and oxygen atoms in total. The second-order valence-electron chi connectivity index (χ2n) is 35.2. The largest absolute Gasteiger partial charge is 2.00 e. The molecule has 0 aliphatic carbocycles. The summed E-state index contributed by atoms with van der Waals surface area (Å²) in [5.41, 5.74) is 26.4. The van der Waals surface area contributed by atoms with Crippen molar-refractivity contribution in [2.75, 3.05) is 0 Å². The summed E-state index contributed by atoms with van der Waals surface area (Å²) in [4.78, 5) is 0. The third-order valence-corrected chi connectivity index (χ3v) is 24.3. The molecule has 0 unspecified atom stereocenters. The molecule has 110 heavy (non-hydrogen) atoms. The molecule has 2 aromatic rings. The van der Waals surface area contributed by atoms with Crippen LogP contribution < -0.4 is 0 Å². The second kappa shape index (κ2) is 86.4. The smallest absolute Gasteiger partial charge is 0.493 e. The van der Waals surface area contributed by atoms with E-state index in [2.05, 4.69) is 106 Å². The molecule has 0 bridgehead atoms. The van der Waals surface area contributed by atoms with Gasteiger partial charge in [0, 0.05) is 22.3 Å². The molecule has 0 spiro atoms. The zero-order chi connectivity index (χ0) is 78.9. The van der Waals surface area contributed by atoms with Gasteiger partial charge >= 0.3 is 16.5 Å². The Morgan fingerprint density at radius 1 is 0.191 bits per heavy atom. The minimum Gasteiger partial charge on any atom is -0.493 e. The Balaban J connectivity index is 0.00000192. The van der Waals surface area contributed by atoms with E-state index in [4.69, 9.17) is 0 Å². The molecule has 0 N–H and O–H groups in total. The molecular formula is C107H196N2Ni. The Bertz CT molecular complexity index is 2190. The molecule has 3 heteroatoms. The molecule has 0 saturated heterocycles. The summed E-state index contributed by atoms with van der Waals surface area (Å²) in [5, 5.41) is 0. The van der Waals surface area contributed by atoms with Crippen LogP contribution in [0.1, 0.15) is 583 Å². The monoisotopic (exact) mass is 1570 g/mol. The van der Waals surface area contributed by atoms with E-state index < -0.39 is 0 Å². The third-order valence-electron chi connectivity index (χ3n) is 24.3. The van der Waals surface area contributed by atoms with Crippen molar-refractivity contribution in [3.05, 3.63) is 100 Å². The molecule has 1 aliphatic heterocycles. The second-order valence-corrected chi connectivity index (χ2v) is 35.2. The molecule has 644 valence electrons. The van der Waals surface area contributed by atoms with Crippen LogP contribution in [-0.4, -0.2) is 4.70 Å². The Morgan fingerprint density at radius 2 is 0.327 bits per heavy atom. The number of rotatable bonds is 81. The SMILES string of the molecule is CCCCCCCCC1=C(c2cc(CCCCCC)cc(CCCCCCCC)c2)[N+](=[N-])C(c2cc(CCCCCC)cc(CCCCCCCC)c2)=C1CCCCC.[CH2-]CCCCCCCCCCCCCCCCCCCCCCCC.[CH2-]CCCCCCCCCCCCCCCCCCCCCCCC.[Ni+2]. The van der Waals surface area contributed by atoms with Crippen LogP contribution in [0.5, 0.6) is 0 Å². The van der Waals surface area contributed by atoms with Gasteiger partial charge in [0.1, 0.15) is 0 Å². The predicted octanol–water partition coefficient (Wildman–Crippen LogP) is 38.9. The van der Waals surface area contributed by atoms with Gasteiger partial charge in [0.25, 0.3) is 0 Å². The van der Waals surface area contributed by atoms with E-state index in [9.17, 15) is 5.53 Å². The average molecular weight is 1570 g/mol. The Labute approximate surface area is 703 Å². The van der Waals surface area contributed by atoms with Crippen molar-refractivity contribution in [1.29, 1.82) is 0 Å². The average Bonchev–Trinajstić information content (AvgIpc) is 1.60. The van der Waals surface area contributed by atoms with E-state index in [1.165, 1.54) is 513 Å². The van der Waals surface area contributed by atoms with E-state index in [-0.39, 0.29) is 16.5 Å². The van der Waals surface area contributed by atoms with E-state index >= 15 is 0 Å². The summed E-state index contributed by atoms with van der Waals surface area (Å²) in [7, 11) is 0. The number of benzene rings is 2. The van der Waals surface area contributed by atoms with Crippen molar-refractivity contribution >= 4 is 11.4 Å². The van der Waals surface area contributed by atoms with Gasteiger partial charge in [0.05, 0.1) is 0 Å². The van der Waals surface area contributed by atoms with Crippen LogP contribution in [0, 0.1) is 13.8 Å². The van der Waals surface area contributed by atoms with Crippen molar-refractivity contribution in [3.8, 4) is 0 Å². The molecule has 3 rings (SSSR count). The maximum atomic E-state index is 12.9. The van der Waals surface area contributed by atoms with Crippen molar-refractivity contribution in [2.24, 2.45) is 0 Å². The van der Waals surface area contributed by atoms with Crippen LogP contribution in [0.3, 0.4) is 0 Å². The maximum absolute atomic E-state index is 12.9. The summed E-state index contributed by atoms with van der Waals surface area (Å²) < 4.78 is 1.73. The van der Waals surface area contributed by atoms with Crippen LogP contribution in [0.4, 0.5) is 0 Å². The molecular weight excluding hydrogens is 1370 g/mol. The number of hydrogen-bond donors (Lipinski definition) is 0. The number of nitrogens with zero attached hydrogens (tertiary/aromatic N) is 2. The quantitative estimate of drug-likeness (QED) is 0.0273. The number of hydrogen-bond acceptors (Lipinski definition) is 0. The summed E-state index contributed by atoms with van der Waals surface area (Å²) in [5.74, 6) is 0. The Morgan fingerprint density at radius 3 is 0.509 bits per heavy atom.